The summed E-state index contributed by atoms with van der Waals surface area (Å²) in [6, 6.07) is 0.825. The lowest BCUT2D eigenvalue weighted by molar-refractivity contribution is -0.139. The second kappa shape index (κ2) is 4.96. The van der Waals surface area contributed by atoms with Gasteiger partial charge in [0.1, 0.15) is 0 Å². The Morgan fingerprint density at radius 3 is 2.69 bits per heavy atom. The van der Waals surface area contributed by atoms with Gasteiger partial charge in [0.2, 0.25) is 5.95 Å². The third kappa shape index (κ3) is 2.71. The minimum Gasteiger partial charge on any atom is -0.469 e. The Morgan fingerprint density at radius 1 is 1.56 bits per heavy atom. The minimum absolute atomic E-state index is 0.0909. The molecule has 0 aliphatic heterocycles. The Bertz CT molecular complexity index is 407. The number of ether oxygens (including phenoxy) is 1. The number of carbonyl (C=O) groups is 1. The first-order valence-electron chi connectivity index (χ1n) is 4.46. The number of hydrogen-bond acceptors (Lipinski definition) is 3. The van der Waals surface area contributed by atoms with Crippen LogP contribution in [0.3, 0.4) is 0 Å². The minimum atomic E-state index is -2.80. The monoisotopic (exact) mass is 233 g/mol. The Labute approximate surface area is 90.2 Å². The fourth-order valence-corrected chi connectivity index (χ4v) is 1.38. The van der Waals surface area contributed by atoms with Crippen molar-refractivity contribution in [3.63, 3.8) is 0 Å². The van der Waals surface area contributed by atoms with E-state index in [1.807, 2.05) is 0 Å². The molecule has 0 fully saturated rings. The van der Waals surface area contributed by atoms with Gasteiger partial charge >= 0.3 is 5.97 Å². The van der Waals surface area contributed by atoms with Crippen molar-refractivity contribution in [2.24, 2.45) is 0 Å². The summed E-state index contributed by atoms with van der Waals surface area (Å²) in [5, 5.41) is 0. The van der Waals surface area contributed by atoms with Crippen molar-refractivity contribution in [2.45, 2.75) is 19.8 Å². The highest BCUT2D eigenvalue weighted by atomic mass is 19.3. The second-order valence-electron chi connectivity index (χ2n) is 3.16. The molecule has 1 aromatic heterocycles. The molecule has 0 saturated heterocycles. The number of carbonyl (C=O) groups excluding carboxylic acids is 1. The molecule has 0 unspecified atom stereocenters. The molecule has 0 aliphatic carbocycles. The molecule has 3 nitrogen and oxygen atoms in total. The van der Waals surface area contributed by atoms with Crippen molar-refractivity contribution in [3.05, 3.63) is 28.8 Å². The van der Waals surface area contributed by atoms with Crippen LogP contribution in [0.15, 0.2) is 6.07 Å². The number of pyridine rings is 1. The van der Waals surface area contributed by atoms with E-state index in [0.29, 0.717) is 0 Å². The number of methoxy groups -OCH3 is 1. The van der Waals surface area contributed by atoms with Crippen molar-refractivity contribution in [1.29, 1.82) is 0 Å². The van der Waals surface area contributed by atoms with E-state index in [2.05, 4.69) is 9.72 Å². The van der Waals surface area contributed by atoms with E-state index in [1.165, 1.54) is 6.92 Å². The van der Waals surface area contributed by atoms with Gasteiger partial charge in [-0.2, -0.15) is 4.39 Å². The smallest absolute Gasteiger partial charge is 0.309 e. The Balaban J connectivity index is 3.18. The van der Waals surface area contributed by atoms with Gasteiger partial charge in [0, 0.05) is 11.3 Å². The first-order chi connectivity index (χ1) is 7.45. The zero-order chi connectivity index (χ0) is 12.3. The summed E-state index contributed by atoms with van der Waals surface area (Å²) in [4.78, 5) is 14.3. The molecule has 88 valence electrons. The van der Waals surface area contributed by atoms with Crippen LogP contribution < -0.4 is 0 Å². The lowest BCUT2D eigenvalue weighted by Crippen LogP contribution is -2.10. The topological polar surface area (TPSA) is 39.2 Å². The Kier molecular flexibility index (Phi) is 3.87. The molecule has 0 aliphatic rings. The number of aryl methyl sites for hydroxylation is 1. The van der Waals surface area contributed by atoms with Crippen LogP contribution in [0.5, 0.6) is 0 Å². The largest absolute Gasteiger partial charge is 0.469 e. The van der Waals surface area contributed by atoms with Crippen LogP contribution >= 0.6 is 0 Å². The van der Waals surface area contributed by atoms with E-state index in [9.17, 15) is 18.0 Å². The van der Waals surface area contributed by atoms with Crippen molar-refractivity contribution >= 4 is 5.97 Å². The summed E-state index contributed by atoms with van der Waals surface area (Å²) in [5.74, 6) is -1.59. The summed E-state index contributed by atoms with van der Waals surface area (Å²) in [6.07, 6.45) is -3.19. The van der Waals surface area contributed by atoms with E-state index in [1.54, 1.807) is 0 Å². The number of alkyl halides is 2. The van der Waals surface area contributed by atoms with E-state index in [0.717, 1.165) is 13.2 Å². The van der Waals surface area contributed by atoms with Crippen LogP contribution in [0, 0.1) is 12.9 Å². The first-order valence-corrected chi connectivity index (χ1v) is 4.46. The van der Waals surface area contributed by atoms with Crippen molar-refractivity contribution in [3.8, 4) is 0 Å². The zero-order valence-electron chi connectivity index (χ0n) is 8.76. The maximum Gasteiger partial charge on any atom is 0.309 e. The third-order valence-corrected chi connectivity index (χ3v) is 2.08. The van der Waals surface area contributed by atoms with Gasteiger partial charge in [0.05, 0.1) is 13.5 Å². The Hall–Kier alpha value is -1.59. The fourth-order valence-electron chi connectivity index (χ4n) is 1.38. The van der Waals surface area contributed by atoms with Gasteiger partial charge in [0.15, 0.2) is 0 Å². The molecule has 1 aromatic rings. The van der Waals surface area contributed by atoms with Crippen LogP contribution in [-0.4, -0.2) is 18.1 Å². The summed E-state index contributed by atoms with van der Waals surface area (Å²) < 4.78 is 42.6. The predicted molar refractivity (Wildman–Crippen MR) is 49.6 cm³/mol. The molecule has 16 heavy (non-hydrogen) atoms. The SMILES string of the molecule is COC(=O)Cc1cc(F)nc(C)c1C(F)F. The number of nitrogens with zero attached hydrogens (tertiary/aromatic N) is 1. The molecule has 0 bridgehead atoms. The van der Waals surface area contributed by atoms with Gasteiger partial charge in [0.25, 0.3) is 6.43 Å². The van der Waals surface area contributed by atoms with Crippen LogP contribution in [0.2, 0.25) is 0 Å². The van der Waals surface area contributed by atoms with E-state index in [-0.39, 0.29) is 11.3 Å². The van der Waals surface area contributed by atoms with Crippen LogP contribution in [0.25, 0.3) is 0 Å². The first kappa shape index (κ1) is 12.5. The van der Waals surface area contributed by atoms with Gasteiger partial charge in [-0.1, -0.05) is 0 Å². The molecule has 1 rings (SSSR count). The summed E-state index contributed by atoms with van der Waals surface area (Å²) >= 11 is 0. The van der Waals surface area contributed by atoms with Crippen LogP contribution in [0.4, 0.5) is 13.2 Å². The lowest BCUT2D eigenvalue weighted by Gasteiger charge is -2.10. The van der Waals surface area contributed by atoms with Crippen LogP contribution in [0.1, 0.15) is 23.2 Å². The Morgan fingerprint density at radius 2 is 2.19 bits per heavy atom. The number of hydrogen-bond donors (Lipinski definition) is 0. The molecule has 0 atom stereocenters. The second-order valence-corrected chi connectivity index (χ2v) is 3.16. The normalized spacial score (nSPS) is 10.6. The molecule has 0 radical (unpaired) electrons. The number of rotatable bonds is 3. The average Bonchev–Trinajstić information content (AvgIpc) is 2.15. The van der Waals surface area contributed by atoms with Crippen molar-refractivity contribution in [1.82, 2.24) is 4.98 Å². The summed E-state index contributed by atoms with van der Waals surface area (Å²) in [5.41, 5.74) is -0.618. The molecule has 0 saturated carbocycles. The molecule has 1 heterocycles. The average molecular weight is 233 g/mol. The lowest BCUT2D eigenvalue weighted by atomic mass is 10.0. The van der Waals surface area contributed by atoms with Gasteiger partial charge in [-0.05, 0) is 18.6 Å². The number of esters is 1. The highest BCUT2D eigenvalue weighted by molar-refractivity contribution is 5.73. The van der Waals surface area contributed by atoms with Gasteiger partial charge in [-0.15, -0.1) is 0 Å². The molecule has 6 heteroatoms. The van der Waals surface area contributed by atoms with E-state index >= 15 is 0 Å². The zero-order valence-corrected chi connectivity index (χ0v) is 8.76. The molecular weight excluding hydrogens is 223 g/mol. The van der Waals surface area contributed by atoms with Crippen molar-refractivity contribution in [2.75, 3.05) is 7.11 Å². The third-order valence-electron chi connectivity index (χ3n) is 2.08. The summed E-state index contributed by atoms with van der Waals surface area (Å²) in [7, 11) is 1.13. The highest BCUT2D eigenvalue weighted by Gasteiger charge is 2.20. The van der Waals surface area contributed by atoms with Gasteiger partial charge in [-0.25, -0.2) is 13.8 Å². The maximum atomic E-state index is 12.9. The molecule has 0 amide bonds. The number of halogens is 3. The standard InChI is InChI=1S/C10H10F3NO2/c1-5-9(10(12)13)6(3-7(11)14-5)4-8(15)16-2/h3,10H,4H2,1-2H3. The fraction of sp³-hybridized carbons (Fsp3) is 0.400. The molecule has 0 aromatic carbocycles. The predicted octanol–water partition coefficient (Wildman–Crippen LogP) is 2.18. The van der Waals surface area contributed by atoms with Crippen molar-refractivity contribution < 1.29 is 22.7 Å². The van der Waals surface area contributed by atoms with Gasteiger partial charge < -0.3 is 4.74 Å². The van der Waals surface area contributed by atoms with E-state index in [4.69, 9.17) is 0 Å². The maximum absolute atomic E-state index is 12.9. The quantitative estimate of drug-likeness (QED) is 0.593. The van der Waals surface area contributed by atoms with Crippen LogP contribution in [-0.2, 0) is 16.0 Å². The summed E-state index contributed by atoms with van der Waals surface area (Å²) in [6.45, 7) is 1.27. The molecule has 0 N–H and O–H groups in total. The number of aromatic nitrogens is 1. The van der Waals surface area contributed by atoms with E-state index < -0.39 is 30.3 Å². The highest BCUT2D eigenvalue weighted by Crippen LogP contribution is 2.26. The molecular formula is C10H10F3NO2. The molecule has 0 spiro atoms. The van der Waals surface area contributed by atoms with Gasteiger partial charge in [-0.3, -0.25) is 4.79 Å².